The number of unbranched alkanes of at least 4 members (excludes halogenated alkanes) is 10. The number of nitrogens with zero attached hydrogens (tertiary/aromatic N) is 5. The van der Waals surface area contributed by atoms with Crippen LogP contribution in [0.15, 0.2) is 146 Å². The average Bonchev–Trinajstić information content (AvgIpc) is 3.74. The number of fused-ring (bicyclic) bond motifs is 2. The monoisotopic (exact) mass is 1260 g/mol. The third-order valence-corrected chi connectivity index (χ3v) is 15.4. The fourth-order valence-electron chi connectivity index (χ4n) is 9.70. The van der Waals surface area contributed by atoms with Crippen molar-refractivity contribution >= 4 is 40.5 Å². The van der Waals surface area contributed by atoms with Crippen LogP contribution in [0.1, 0.15) is 164 Å². The zero-order valence-electron chi connectivity index (χ0n) is 50.0. The molecule has 2 bridgehead atoms. The topological polar surface area (TPSA) is 138 Å². The molecule has 2 N–H and O–H groups in total. The summed E-state index contributed by atoms with van der Waals surface area (Å²) in [5.41, 5.74) is 11.1. The van der Waals surface area contributed by atoms with Gasteiger partial charge < -0.3 is 10.6 Å². The standard InChI is InChI=1S/C71H82IN7O6/c1-6-10-12-14-16-18-21-54-27-35-60(36-28-54)62-39-31-56(32-40-62)23-25-58-45-65-49-73-43-44-74-64(20-8-3)50-77(5)52-69(80)83-79(84-70(81)67(47-58)75-65)85-71(82)68-48-59(46-66(76-68)51-78(9-4)53-72)26-24-57-33-41-63(42-34-57)61-37-29-55(30-38-61)22-19-17-15-13-11-7-2/h8,20,27-42,45-48,73-74H,3,6-7,9-19,21-22,43-44,49-53H2,1-2,4-5H3/b64-20-. The molecule has 0 radical (unpaired) electrons. The molecule has 0 saturated heterocycles. The minimum Gasteiger partial charge on any atom is -0.386 e. The predicted octanol–water partition coefficient (Wildman–Crippen LogP) is 13.9. The first-order chi connectivity index (χ1) is 41.5. The molecule has 85 heavy (non-hydrogen) atoms. The summed E-state index contributed by atoms with van der Waals surface area (Å²) in [6, 6.07) is 40.3. The summed E-state index contributed by atoms with van der Waals surface area (Å²) >= 11 is 2.28. The van der Waals surface area contributed by atoms with Crippen LogP contribution in [-0.2, 0) is 45.2 Å². The van der Waals surface area contributed by atoms with Crippen molar-refractivity contribution in [1.82, 2.24) is 35.8 Å². The fraction of sp³-hybridized carbons (Fsp3) is 0.366. The molecule has 0 spiro atoms. The second kappa shape index (κ2) is 35.8. The van der Waals surface area contributed by atoms with E-state index in [2.05, 4.69) is 165 Å². The minimum absolute atomic E-state index is 0.119. The van der Waals surface area contributed by atoms with Gasteiger partial charge in [-0.1, -0.05) is 217 Å². The van der Waals surface area contributed by atoms with Gasteiger partial charge in [0, 0.05) is 60.7 Å². The summed E-state index contributed by atoms with van der Waals surface area (Å²) in [7, 11) is 1.72. The molecule has 4 aromatic carbocycles. The van der Waals surface area contributed by atoms with E-state index in [4.69, 9.17) is 14.5 Å². The number of likely N-dealkylation sites (N-methyl/N-ethyl adjacent to an activating group) is 1. The normalized spacial score (nSPS) is 14.0. The fourth-order valence-corrected chi connectivity index (χ4v) is 10.4. The van der Waals surface area contributed by atoms with Gasteiger partial charge in [-0.25, -0.2) is 24.4 Å². The highest BCUT2D eigenvalue weighted by Gasteiger charge is 2.28. The van der Waals surface area contributed by atoms with E-state index in [1.807, 2.05) is 43.3 Å². The van der Waals surface area contributed by atoms with Gasteiger partial charge in [0.15, 0.2) is 11.4 Å². The maximum absolute atomic E-state index is 14.3. The Morgan fingerprint density at radius 3 is 1.73 bits per heavy atom. The zero-order chi connectivity index (χ0) is 60.0. The van der Waals surface area contributed by atoms with E-state index in [0.29, 0.717) is 53.2 Å². The molecule has 6 aromatic rings. The van der Waals surface area contributed by atoms with Crippen molar-refractivity contribution in [2.24, 2.45) is 0 Å². The summed E-state index contributed by atoms with van der Waals surface area (Å²) in [6.07, 6.45) is 21.0. The average molecular weight is 1260 g/mol. The van der Waals surface area contributed by atoms with E-state index < -0.39 is 17.9 Å². The molecule has 3 heterocycles. The van der Waals surface area contributed by atoms with Crippen LogP contribution in [0.5, 0.6) is 0 Å². The molecule has 14 heteroatoms. The van der Waals surface area contributed by atoms with E-state index >= 15 is 0 Å². The van der Waals surface area contributed by atoms with Crippen molar-refractivity contribution < 1.29 is 28.9 Å². The van der Waals surface area contributed by atoms with Gasteiger partial charge >= 0.3 is 17.9 Å². The van der Waals surface area contributed by atoms with Crippen molar-refractivity contribution in [3.8, 4) is 45.9 Å². The molecule has 0 unspecified atom stereocenters. The molecule has 1 aliphatic rings. The van der Waals surface area contributed by atoms with Gasteiger partial charge in [-0.05, 0) is 127 Å². The number of nitrogens with one attached hydrogen (secondary N) is 2. The largest absolute Gasteiger partial charge is 0.386 e. The predicted molar refractivity (Wildman–Crippen MR) is 348 cm³/mol. The molecular formula is C71H82IN7O6. The lowest BCUT2D eigenvalue weighted by atomic mass is 10.00. The number of allylic oxidation sites excluding steroid dienone is 2. The van der Waals surface area contributed by atoms with Crippen molar-refractivity contribution in [3.63, 3.8) is 0 Å². The summed E-state index contributed by atoms with van der Waals surface area (Å²) < 4.78 is 0.704. The smallest absolute Gasteiger partial charge is 0.382 e. The summed E-state index contributed by atoms with van der Waals surface area (Å²) in [4.78, 5) is 71.9. The lowest BCUT2D eigenvalue weighted by Gasteiger charge is -2.21. The molecule has 7 rings (SSSR count). The Morgan fingerprint density at radius 2 is 1.19 bits per heavy atom. The number of aryl methyl sites for hydroxylation is 2. The zero-order valence-corrected chi connectivity index (χ0v) is 52.2. The molecule has 0 fully saturated rings. The SMILES string of the molecule is C=C/C=C1/CN(C)CC(=O)ON(OC(=O)c2cc(C#Cc3ccc(-c4ccc(CCCCCCCC)cc4)cc3)cc(CN(CC)CI)n2)OC(=O)c2cc(C#Cc3ccc(-c4ccc(CCCCCCCC)cc4)cc3)cc(n2)CNCCN1. The molecule has 444 valence electrons. The Bertz CT molecular complexity index is 3270. The number of rotatable bonds is 23. The van der Waals surface area contributed by atoms with E-state index in [0.717, 1.165) is 58.5 Å². The maximum atomic E-state index is 14.3. The van der Waals surface area contributed by atoms with Crippen molar-refractivity contribution in [3.05, 3.63) is 202 Å². The number of benzene rings is 4. The number of alkyl halides is 1. The highest BCUT2D eigenvalue weighted by atomic mass is 127. The van der Waals surface area contributed by atoms with E-state index in [1.54, 1.807) is 24.1 Å². The molecule has 0 saturated carbocycles. The van der Waals surface area contributed by atoms with Crippen molar-refractivity contribution in [2.45, 2.75) is 124 Å². The van der Waals surface area contributed by atoms with Gasteiger partial charge in [0.2, 0.25) is 5.39 Å². The lowest BCUT2D eigenvalue weighted by Crippen LogP contribution is -2.38. The van der Waals surface area contributed by atoms with Crippen LogP contribution >= 0.6 is 22.6 Å². The Kier molecular flexibility index (Phi) is 27.4. The summed E-state index contributed by atoms with van der Waals surface area (Å²) in [5.74, 6) is 9.84. The van der Waals surface area contributed by atoms with Gasteiger partial charge in [-0.15, -0.1) is 0 Å². The van der Waals surface area contributed by atoms with Crippen LogP contribution in [0.25, 0.3) is 22.3 Å². The highest BCUT2D eigenvalue weighted by Crippen LogP contribution is 2.24. The molecule has 2 aromatic heterocycles. The lowest BCUT2D eigenvalue weighted by molar-refractivity contribution is -0.454. The first kappa shape index (κ1) is 65.1. The Labute approximate surface area is 518 Å². The second-order valence-corrected chi connectivity index (χ2v) is 22.1. The molecule has 13 nitrogen and oxygen atoms in total. The Balaban J connectivity index is 1.10. The molecule has 0 amide bonds. The van der Waals surface area contributed by atoms with E-state index in [1.165, 1.54) is 100 Å². The number of hydrogen-bond acceptors (Lipinski definition) is 13. The van der Waals surface area contributed by atoms with Crippen LogP contribution in [0.2, 0.25) is 0 Å². The first-order valence-electron chi connectivity index (χ1n) is 30.1. The number of hydrogen-bond donors (Lipinski definition) is 2. The van der Waals surface area contributed by atoms with E-state index in [-0.39, 0.29) is 29.9 Å². The van der Waals surface area contributed by atoms with Crippen molar-refractivity contribution in [1.29, 1.82) is 0 Å². The minimum atomic E-state index is -1.08. The van der Waals surface area contributed by atoms with Crippen LogP contribution in [0.3, 0.4) is 0 Å². The van der Waals surface area contributed by atoms with Gasteiger partial charge in [0.25, 0.3) is 0 Å². The van der Waals surface area contributed by atoms with Gasteiger partial charge in [0.1, 0.15) is 0 Å². The number of carbonyl (C=O) groups excluding carboxylic acids is 3. The van der Waals surface area contributed by atoms with Gasteiger partial charge in [-0.3, -0.25) is 24.3 Å². The van der Waals surface area contributed by atoms with Gasteiger partial charge in [-0.2, -0.15) is 0 Å². The van der Waals surface area contributed by atoms with Gasteiger partial charge in [0.05, 0.1) is 22.5 Å². The van der Waals surface area contributed by atoms with Crippen LogP contribution < -0.4 is 10.6 Å². The summed E-state index contributed by atoms with van der Waals surface area (Å²) in [6.45, 7) is 12.9. The Hall–Kier alpha value is -7.44. The maximum Gasteiger partial charge on any atom is 0.382 e. The van der Waals surface area contributed by atoms with E-state index in [9.17, 15) is 14.4 Å². The quantitative estimate of drug-likeness (QED) is 0.0207. The number of halogens is 1. The van der Waals surface area contributed by atoms with Crippen molar-refractivity contribution in [2.75, 3.05) is 44.3 Å². The number of aromatic nitrogens is 2. The van der Waals surface area contributed by atoms with Crippen LogP contribution in [0.4, 0.5) is 0 Å². The number of carbonyl (C=O) groups is 3. The highest BCUT2D eigenvalue weighted by molar-refractivity contribution is 14.1. The molecule has 0 aliphatic carbocycles. The Morgan fingerprint density at radius 1 is 0.659 bits per heavy atom. The molecule has 1 aliphatic heterocycles. The summed E-state index contributed by atoms with van der Waals surface area (Å²) in [5, 5.41) is 6.88. The van der Waals surface area contributed by atoms with Crippen LogP contribution in [-0.4, -0.2) is 87.4 Å². The third-order valence-electron chi connectivity index (χ3n) is 14.5. The number of pyridine rings is 2. The second-order valence-electron chi connectivity index (χ2n) is 21.5. The van der Waals surface area contributed by atoms with Crippen LogP contribution in [0, 0.1) is 23.7 Å². The molecule has 0 atom stereocenters. The molecular weight excluding hydrogens is 1170 g/mol. The third kappa shape index (κ3) is 22.5. The first-order valence-corrected chi connectivity index (χ1v) is 31.7.